The number of benzene rings is 3. The number of rotatable bonds is 4. The maximum Gasteiger partial charge on any atom is 0.278 e. The van der Waals surface area contributed by atoms with Crippen molar-refractivity contribution in [2.75, 3.05) is 5.32 Å². The van der Waals surface area contributed by atoms with Crippen molar-refractivity contribution < 1.29 is 4.79 Å². The first-order chi connectivity index (χ1) is 13.6. The second-order valence-electron chi connectivity index (χ2n) is 5.96. The summed E-state index contributed by atoms with van der Waals surface area (Å²) in [7, 11) is 0. The van der Waals surface area contributed by atoms with Crippen molar-refractivity contribution in [1.29, 1.82) is 0 Å². The molecule has 3 aromatic carbocycles. The van der Waals surface area contributed by atoms with Crippen molar-refractivity contribution in [3.63, 3.8) is 0 Å². The summed E-state index contributed by atoms with van der Waals surface area (Å²) in [6.45, 7) is 0. The topological polar surface area (TPSA) is 59.8 Å². The van der Waals surface area contributed by atoms with E-state index in [2.05, 4.69) is 15.5 Å². The summed E-state index contributed by atoms with van der Waals surface area (Å²) in [5.74, 6) is -0.403. The summed E-state index contributed by atoms with van der Waals surface area (Å²) >= 11 is 12.2. The number of carbonyl (C=O) groups excluding carboxylic acids is 1. The summed E-state index contributed by atoms with van der Waals surface area (Å²) in [6.07, 6.45) is 0. The first kappa shape index (κ1) is 18.2. The lowest BCUT2D eigenvalue weighted by molar-refractivity contribution is 0.102. The highest BCUT2D eigenvalue weighted by molar-refractivity contribution is 6.34. The van der Waals surface area contributed by atoms with E-state index in [1.165, 1.54) is 4.80 Å². The molecule has 0 aliphatic heterocycles. The lowest BCUT2D eigenvalue weighted by Gasteiger charge is -2.06. The van der Waals surface area contributed by atoms with E-state index in [1.807, 2.05) is 30.3 Å². The van der Waals surface area contributed by atoms with Gasteiger partial charge in [-0.1, -0.05) is 65.7 Å². The van der Waals surface area contributed by atoms with Crippen molar-refractivity contribution in [1.82, 2.24) is 15.0 Å². The number of nitrogens with zero attached hydrogens (tertiary/aromatic N) is 3. The molecule has 0 fully saturated rings. The Balaban J connectivity index is 1.78. The van der Waals surface area contributed by atoms with Gasteiger partial charge >= 0.3 is 0 Å². The van der Waals surface area contributed by atoms with E-state index >= 15 is 0 Å². The number of amides is 1. The molecule has 0 spiro atoms. The quantitative estimate of drug-likeness (QED) is 0.485. The van der Waals surface area contributed by atoms with Gasteiger partial charge in [0.2, 0.25) is 0 Å². The molecule has 0 atom stereocenters. The van der Waals surface area contributed by atoms with Crippen molar-refractivity contribution in [2.45, 2.75) is 0 Å². The third-order valence-corrected chi connectivity index (χ3v) is 4.64. The minimum atomic E-state index is -0.403. The van der Waals surface area contributed by atoms with Crippen molar-refractivity contribution >= 4 is 34.8 Å². The number of nitrogens with one attached hydrogen (secondary N) is 1. The summed E-state index contributed by atoms with van der Waals surface area (Å²) in [5.41, 5.74) is 2.62. The molecule has 4 aromatic rings. The van der Waals surface area contributed by atoms with E-state index in [9.17, 15) is 4.79 Å². The van der Waals surface area contributed by atoms with Gasteiger partial charge in [0.25, 0.3) is 5.91 Å². The molecule has 1 heterocycles. The highest BCUT2D eigenvalue weighted by Crippen LogP contribution is 2.26. The van der Waals surface area contributed by atoms with Crippen LogP contribution in [-0.4, -0.2) is 20.9 Å². The molecule has 1 aromatic heterocycles. The van der Waals surface area contributed by atoms with E-state index < -0.39 is 5.91 Å². The highest BCUT2D eigenvalue weighted by atomic mass is 35.5. The Hall–Kier alpha value is -3.15. The van der Waals surface area contributed by atoms with Crippen LogP contribution in [0.1, 0.15) is 10.5 Å². The average molecular weight is 409 g/mol. The van der Waals surface area contributed by atoms with E-state index in [0.717, 1.165) is 11.3 Å². The fraction of sp³-hybridized carbons (Fsp3) is 0. The number of carbonyl (C=O) groups is 1. The third-order valence-electron chi connectivity index (χ3n) is 4.06. The molecule has 7 heteroatoms. The molecule has 0 aliphatic carbocycles. The lowest BCUT2D eigenvalue weighted by Crippen LogP contribution is -2.14. The Morgan fingerprint density at radius 3 is 2.21 bits per heavy atom. The number of aromatic nitrogens is 3. The van der Waals surface area contributed by atoms with Crippen molar-refractivity contribution in [3.8, 4) is 16.9 Å². The molecule has 1 N–H and O–H groups in total. The molecular formula is C21H14Cl2N4O. The fourth-order valence-corrected chi connectivity index (χ4v) is 2.99. The van der Waals surface area contributed by atoms with Crippen LogP contribution in [0.2, 0.25) is 10.0 Å². The summed E-state index contributed by atoms with van der Waals surface area (Å²) in [4.78, 5) is 14.4. The number of hydrogen-bond donors (Lipinski definition) is 1. The molecule has 28 heavy (non-hydrogen) atoms. The molecule has 5 nitrogen and oxygen atoms in total. The van der Waals surface area contributed by atoms with Gasteiger partial charge in [-0.25, -0.2) is 0 Å². The molecule has 1 amide bonds. The number of halogens is 2. The largest absolute Gasteiger partial charge is 0.319 e. The SMILES string of the molecule is O=C(Nc1ccccc1Cl)c1nn(-c2ccccc2)nc1-c1ccc(Cl)cc1. The van der Waals surface area contributed by atoms with Gasteiger partial charge in [0, 0.05) is 10.6 Å². The predicted octanol–water partition coefficient (Wildman–Crippen LogP) is 5.49. The lowest BCUT2D eigenvalue weighted by atomic mass is 10.1. The second kappa shape index (κ2) is 7.84. The van der Waals surface area contributed by atoms with Crippen LogP contribution in [0.25, 0.3) is 16.9 Å². The zero-order valence-electron chi connectivity index (χ0n) is 14.5. The summed E-state index contributed by atoms with van der Waals surface area (Å²) < 4.78 is 0. The molecule has 4 rings (SSSR count). The fourth-order valence-electron chi connectivity index (χ4n) is 2.68. The second-order valence-corrected chi connectivity index (χ2v) is 6.81. The minimum absolute atomic E-state index is 0.186. The van der Waals surface area contributed by atoms with Gasteiger partial charge in [-0.2, -0.15) is 4.80 Å². The van der Waals surface area contributed by atoms with Gasteiger partial charge in [0.05, 0.1) is 16.4 Å². The first-order valence-corrected chi connectivity index (χ1v) is 9.22. The summed E-state index contributed by atoms with van der Waals surface area (Å²) in [5, 5.41) is 12.8. The molecule has 0 saturated carbocycles. The maximum atomic E-state index is 13.0. The molecule has 0 saturated heterocycles. The highest BCUT2D eigenvalue weighted by Gasteiger charge is 2.21. The minimum Gasteiger partial charge on any atom is -0.319 e. The number of anilines is 1. The predicted molar refractivity (Wildman–Crippen MR) is 111 cm³/mol. The molecular weight excluding hydrogens is 395 g/mol. The van der Waals surface area contributed by atoms with E-state index in [-0.39, 0.29) is 5.69 Å². The molecule has 0 aliphatic rings. The van der Waals surface area contributed by atoms with Crippen LogP contribution in [0.4, 0.5) is 5.69 Å². The van der Waals surface area contributed by atoms with E-state index in [4.69, 9.17) is 23.2 Å². The Morgan fingerprint density at radius 1 is 0.821 bits per heavy atom. The number of hydrogen-bond acceptors (Lipinski definition) is 3. The Bertz CT molecular complexity index is 1120. The van der Waals surface area contributed by atoms with Gasteiger partial charge in [-0.3, -0.25) is 4.79 Å². The van der Waals surface area contributed by atoms with E-state index in [1.54, 1.807) is 48.5 Å². The van der Waals surface area contributed by atoms with Gasteiger partial charge in [-0.15, -0.1) is 10.2 Å². The Labute approximate surface area is 171 Å². The van der Waals surface area contributed by atoms with Gasteiger partial charge in [0.1, 0.15) is 5.69 Å². The zero-order valence-corrected chi connectivity index (χ0v) is 16.0. The summed E-state index contributed by atoms with van der Waals surface area (Å²) in [6, 6.07) is 23.5. The normalized spacial score (nSPS) is 10.6. The molecule has 0 unspecified atom stereocenters. The number of para-hydroxylation sites is 2. The van der Waals surface area contributed by atoms with E-state index in [0.29, 0.717) is 21.4 Å². The van der Waals surface area contributed by atoms with Crippen LogP contribution in [0.5, 0.6) is 0 Å². The van der Waals surface area contributed by atoms with Crippen molar-refractivity contribution in [3.05, 3.63) is 94.6 Å². The van der Waals surface area contributed by atoms with Crippen LogP contribution in [0, 0.1) is 0 Å². The van der Waals surface area contributed by atoms with Gasteiger partial charge < -0.3 is 5.32 Å². The smallest absolute Gasteiger partial charge is 0.278 e. The van der Waals surface area contributed by atoms with Crippen LogP contribution in [0.3, 0.4) is 0 Å². The van der Waals surface area contributed by atoms with Crippen LogP contribution in [0.15, 0.2) is 78.9 Å². The average Bonchev–Trinajstić information content (AvgIpc) is 3.16. The van der Waals surface area contributed by atoms with Gasteiger partial charge in [0.15, 0.2) is 5.69 Å². The van der Waals surface area contributed by atoms with Gasteiger partial charge in [-0.05, 0) is 36.4 Å². The standard InChI is InChI=1S/C21H14Cl2N4O/c22-15-12-10-14(11-13-15)19-20(21(28)24-18-9-5-4-8-17(18)23)26-27(25-19)16-6-2-1-3-7-16/h1-13H,(H,24,28). The maximum absolute atomic E-state index is 13.0. The zero-order chi connectivity index (χ0) is 19.5. The molecule has 138 valence electrons. The van der Waals surface area contributed by atoms with Crippen molar-refractivity contribution in [2.24, 2.45) is 0 Å². The molecule has 0 bridgehead atoms. The third kappa shape index (κ3) is 3.76. The Morgan fingerprint density at radius 2 is 1.50 bits per heavy atom. The molecule has 0 radical (unpaired) electrons. The van der Waals surface area contributed by atoms with Crippen LogP contribution in [-0.2, 0) is 0 Å². The first-order valence-electron chi connectivity index (χ1n) is 8.46. The van der Waals surface area contributed by atoms with Crippen LogP contribution < -0.4 is 5.32 Å². The van der Waals surface area contributed by atoms with Crippen LogP contribution >= 0.6 is 23.2 Å². The Kier molecular flexibility index (Phi) is 5.10. The monoisotopic (exact) mass is 408 g/mol.